The van der Waals surface area contributed by atoms with Gasteiger partial charge in [0.15, 0.2) is 6.61 Å². The van der Waals surface area contributed by atoms with Crippen molar-refractivity contribution in [3.63, 3.8) is 0 Å². The van der Waals surface area contributed by atoms with Crippen LogP contribution in [0.2, 0.25) is 0 Å². The molecule has 3 amide bonds. The van der Waals surface area contributed by atoms with Gasteiger partial charge in [0.25, 0.3) is 17.1 Å². The summed E-state index contributed by atoms with van der Waals surface area (Å²) in [5.74, 6) is -0.410. The van der Waals surface area contributed by atoms with Gasteiger partial charge in [-0.05, 0) is 32.0 Å². The van der Waals surface area contributed by atoms with Crippen LogP contribution in [0.1, 0.15) is 30.6 Å². The van der Waals surface area contributed by atoms with E-state index in [1.54, 1.807) is 34.1 Å². The number of esters is 1. The number of benzene rings is 1. The van der Waals surface area contributed by atoms with E-state index in [-0.39, 0.29) is 17.6 Å². The van der Waals surface area contributed by atoms with Gasteiger partial charge in [0, 0.05) is 43.2 Å². The van der Waals surface area contributed by atoms with E-state index in [1.807, 2.05) is 13.8 Å². The van der Waals surface area contributed by atoms with E-state index in [1.165, 1.54) is 11.8 Å². The fourth-order valence-corrected chi connectivity index (χ4v) is 3.55. The summed E-state index contributed by atoms with van der Waals surface area (Å²) in [4.78, 5) is 50.9. The van der Waals surface area contributed by atoms with Crippen molar-refractivity contribution in [1.29, 1.82) is 0 Å². The SMILES string of the molecule is CCN(CC)C(=O)c1cccc(NC(=O)COC(=O)CCN2CCSC2=O)c1. The summed E-state index contributed by atoms with van der Waals surface area (Å²) >= 11 is 1.23. The Balaban J connectivity index is 1.79. The molecule has 0 spiro atoms. The lowest BCUT2D eigenvalue weighted by atomic mass is 10.1. The van der Waals surface area contributed by atoms with Crippen LogP contribution in [0, 0.1) is 0 Å². The molecule has 1 aliphatic heterocycles. The molecule has 0 aliphatic carbocycles. The first-order valence-electron chi connectivity index (χ1n) is 9.21. The van der Waals surface area contributed by atoms with Gasteiger partial charge in [-0.15, -0.1) is 0 Å². The summed E-state index contributed by atoms with van der Waals surface area (Å²) in [6.45, 7) is 5.50. The van der Waals surface area contributed by atoms with Gasteiger partial charge >= 0.3 is 5.97 Å². The predicted octanol–water partition coefficient (Wildman–Crippen LogP) is 2.21. The summed E-state index contributed by atoms with van der Waals surface area (Å²) in [5.41, 5.74) is 0.936. The maximum Gasteiger partial charge on any atom is 0.308 e. The molecule has 1 aromatic carbocycles. The summed E-state index contributed by atoms with van der Waals surface area (Å²) in [6.07, 6.45) is 0.0490. The number of nitrogens with zero attached hydrogens (tertiary/aromatic N) is 2. The molecule has 8 nitrogen and oxygen atoms in total. The second-order valence-corrected chi connectivity index (χ2v) is 7.16. The number of nitrogens with one attached hydrogen (secondary N) is 1. The first kappa shape index (κ1) is 21.7. The van der Waals surface area contributed by atoms with E-state index >= 15 is 0 Å². The van der Waals surface area contributed by atoms with Crippen LogP contribution in [0.5, 0.6) is 0 Å². The Labute approximate surface area is 168 Å². The van der Waals surface area contributed by atoms with Gasteiger partial charge in [0.2, 0.25) is 0 Å². The Kier molecular flexibility index (Phi) is 8.31. The molecule has 1 aromatic rings. The minimum absolute atomic E-state index is 0.0373. The monoisotopic (exact) mass is 407 g/mol. The molecular formula is C19H25N3O5S. The summed E-state index contributed by atoms with van der Waals surface area (Å²) in [7, 11) is 0. The number of hydrogen-bond donors (Lipinski definition) is 1. The van der Waals surface area contributed by atoms with E-state index in [2.05, 4.69) is 5.32 Å². The van der Waals surface area contributed by atoms with Crippen LogP contribution in [-0.2, 0) is 14.3 Å². The van der Waals surface area contributed by atoms with Crippen LogP contribution >= 0.6 is 11.8 Å². The number of hydrogen-bond acceptors (Lipinski definition) is 6. The van der Waals surface area contributed by atoms with E-state index < -0.39 is 18.5 Å². The molecule has 0 saturated carbocycles. The topological polar surface area (TPSA) is 96.0 Å². The van der Waals surface area contributed by atoms with Crippen molar-refractivity contribution in [3.8, 4) is 0 Å². The third-order valence-electron chi connectivity index (χ3n) is 4.24. The number of thioether (sulfide) groups is 1. The molecule has 0 aromatic heterocycles. The standard InChI is InChI=1S/C19H25N3O5S/c1-3-21(4-2)18(25)14-6-5-7-15(12-14)20-16(23)13-27-17(24)8-9-22-10-11-28-19(22)26/h5-7,12H,3-4,8-11,13H2,1-2H3,(H,20,23). The van der Waals surface area contributed by atoms with Gasteiger partial charge in [-0.3, -0.25) is 19.2 Å². The van der Waals surface area contributed by atoms with Crippen molar-refractivity contribution in [3.05, 3.63) is 29.8 Å². The van der Waals surface area contributed by atoms with Crippen LogP contribution in [0.15, 0.2) is 24.3 Å². The van der Waals surface area contributed by atoms with Crippen LogP contribution in [0.25, 0.3) is 0 Å². The predicted molar refractivity (Wildman–Crippen MR) is 107 cm³/mol. The fraction of sp³-hybridized carbons (Fsp3) is 0.474. The zero-order valence-corrected chi connectivity index (χ0v) is 16.9. The molecule has 0 bridgehead atoms. The van der Waals surface area contributed by atoms with Crippen LogP contribution < -0.4 is 5.32 Å². The Morgan fingerprint density at radius 3 is 2.64 bits per heavy atom. The Morgan fingerprint density at radius 2 is 2.00 bits per heavy atom. The number of carbonyl (C=O) groups excluding carboxylic acids is 4. The highest BCUT2D eigenvalue weighted by molar-refractivity contribution is 8.13. The molecule has 0 atom stereocenters. The van der Waals surface area contributed by atoms with E-state index in [0.29, 0.717) is 37.4 Å². The first-order valence-corrected chi connectivity index (χ1v) is 10.2. The summed E-state index contributed by atoms with van der Waals surface area (Å²) in [5, 5.41) is 2.58. The molecule has 28 heavy (non-hydrogen) atoms. The van der Waals surface area contributed by atoms with Crippen molar-refractivity contribution >= 4 is 40.5 Å². The Bertz CT molecular complexity index is 736. The third kappa shape index (κ3) is 6.26. The maximum absolute atomic E-state index is 12.4. The molecule has 1 heterocycles. The van der Waals surface area contributed by atoms with Crippen molar-refractivity contribution in [2.75, 3.05) is 43.9 Å². The van der Waals surface area contributed by atoms with Crippen LogP contribution in [0.4, 0.5) is 10.5 Å². The van der Waals surface area contributed by atoms with Crippen molar-refractivity contribution in [2.24, 2.45) is 0 Å². The van der Waals surface area contributed by atoms with Crippen molar-refractivity contribution < 1.29 is 23.9 Å². The lowest BCUT2D eigenvalue weighted by Gasteiger charge is -2.19. The van der Waals surface area contributed by atoms with Gasteiger partial charge < -0.3 is 19.9 Å². The number of carbonyl (C=O) groups is 4. The van der Waals surface area contributed by atoms with Crippen LogP contribution in [0.3, 0.4) is 0 Å². The second kappa shape index (κ2) is 10.7. The van der Waals surface area contributed by atoms with Gasteiger partial charge in [-0.2, -0.15) is 0 Å². The lowest BCUT2D eigenvalue weighted by Crippen LogP contribution is -2.30. The number of anilines is 1. The smallest absolute Gasteiger partial charge is 0.308 e. The highest BCUT2D eigenvalue weighted by atomic mass is 32.2. The maximum atomic E-state index is 12.4. The number of ether oxygens (including phenoxy) is 1. The fourth-order valence-electron chi connectivity index (χ4n) is 2.69. The quantitative estimate of drug-likeness (QED) is 0.631. The molecule has 0 radical (unpaired) electrons. The largest absolute Gasteiger partial charge is 0.456 e. The molecular weight excluding hydrogens is 382 g/mol. The molecule has 1 N–H and O–H groups in total. The van der Waals surface area contributed by atoms with Gasteiger partial charge in [0.1, 0.15) is 0 Å². The average molecular weight is 407 g/mol. The van der Waals surface area contributed by atoms with Gasteiger partial charge in [0.05, 0.1) is 6.42 Å². The Hall–Kier alpha value is -2.55. The van der Waals surface area contributed by atoms with E-state index in [9.17, 15) is 19.2 Å². The van der Waals surface area contributed by atoms with E-state index in [4.69, 9.17) is 4.74 Å². The molecule has 0 unspecified atom stereocenters. The highest BCUT2D eigenvalue weighted by Crippen LogP contribution is 2.17. The second-order valence-electron chi connectivity index (χ2n) is 6.12. The third-order valence-corrected chi connectivity index (χ3v) is 5.13. The molecule has 152 valence electrons. The van der Waals surface area contributed by atoms with Gasteiger partial charge in [-0.25, -0.2) is 0 Å². The number of rotatable bonds is 9. The number of amides is 3. The lowest BCUT2D eigenvalue weighted by molar-refractivity contribution is -0.147. The normalized spacial score (nSPS) is 13.4. The molecule has 2 rings (SSSR count). The molecule has 1 saturated heterocycles. The zero-order valence-electron chi connectivity index (χ0n) is 16.1. The van der Waals surface area contributed by atoms with E-state index in [0.717, 1.165) is 5.75 Å². The summed E-state index contributed by atoms with van der Waals surface area (Å²) in [6, 6.07) is 6.63. The van der Waals surface area contributed by atoms with Crippen LogP contribution in [-0.4, -0.2) is 71.4 Å². The highest BCUT2D eigenvalue weighted by Gasteiger charge is 2.22. The molecule has 1 fully saturated rings. The average Bonchev–Trinajstić information content (AvgIpc) is 3.10. The van der Waals surface area contributed by atoms with Crippen molar-refractivity contribution in [1.82, 2.24) is 9.80 Å². The zero-order chi connectivity index (χ0) is 20.5. The minimum Gasteiger partial charge on any atom is -0.456 e. The minimum atomic E-state index is -0.537. The van der Waals surface area contributed by atoms with Crippen molar-refractivity contribution in [2.45, 2.75) is 20.3 Å². The Morgan fingerprint density at radius 1 is 1.25 bits per heavy atom. The van der Waals surface area contributed by atoms with Gasteiger partial charge in [-0.1, -0.05) is 17.8 Å². The molecule has 9 heteroatoms. The molecule has 1 aliphatic rings. The summed E-state index contributed by atoms with van der Waals surface area (Å²) < 4.78 is 4.95. The first-order chi connectivity index (χ1) is 13.4.